The summed E-state index contributed by atoms with van der Waals surface area (Å²) in [5, 5.41) is 10.4. The molecule has 2 nitrogen and oxygen atoms in total. The molecule has 9 heavy (non-hydrogen) atoms. The Kier molecular flexibility index (Phi) is 1.49. The molecule has 52 valence electrons. The lowest BCUT2D eigenvalue weighted by atomic mass is 10.1. The van der Waals surface area contributed by atoms with E-state index in [1.165, 1.54) is 10.6 Å². The smallest absolute Gasteiger partial charge is 0.0513 e. The molecule has 0 saturated heterocycles. The van der Waals surface area contributed by atoms with Gasteiger partial charge in [-0.3, -0.25) is 10.3 Å². The molecule has 1 rings (SSSR count). The fourth-order valence-electron chi connectivity index (χ4n) is 1.09. The Morgan fingerprint density at radius 1 is 1.56 bits per heavy atom. The molecule has 0 saturated carbocycles. The summed E-state index contributed by atoms with van der Waals surface area (Å²) >= 11 is 0. The molecule has 0 aromatic heterocycles. The van der Waals surface area contributed by atoms with Crippen LogP contribution in [0.5, 0.6) is 0 Å². The molecule has 0 spiro atoms. The van der Waals surface area contributed by atoms with E-state index in [1.807, 2.05) is 6.92 Å². The molecule has 0 fully saturated rings. The van der Waals surface area contributed by atoms with Crippen LogP contribution in [0.15, 0.2) is 11.3 Å². The van der Waals surface area contributed by atoms with Gasteiger partial charge >= 0.3 is 0 Å². The molecule has 0 aliphatic carbocycles. The van der Waals surface area contributed by atoms with Crippen LogP contribution >= 0.6 is 0 Å². The third kappa shape index (κ3) is 0.944. The largest absolute Gasteiger partial charge is 0.289 e. The van der Waals surface area contributed by atoms with Gasteiger partial charge in [-0.15, -0.1) is 0 Å². The summed E-state index contributed by atoms with van der Waals surface area (Å²) < 4.78 is 0. The molecule has 1 heterocycles. The van der Waals surface area contributed by atoms with Crippen LogP contribution in [-0.2, 0) is 0 Å². The number of rotatable bonds is 0. The second-order valence-corrected chi connectivity index (χ2v) is 2.75. The quantitative estimate of drug-likeness (QED) is 0.534. The Labute approximate surface area is 55.7 Å². The fraction of sp³-hybridized carbons (Fsp3) is 0.714. The van der Waals surface area contributed by atoms with Gasteiger partial charge in [-0.2, -0.15) is 0 Å². The van der Waals surface area contributed by atoms with Crippen molar-refractivity contribution in [3.8, 4) is 0 Å². The maximum absolute atomic E-state index is 9.11. The first-order valence-corrected chi connectivity index (χ1v) is 3.26. The minimum Gasteiger partial charge on any atom is -0.289 e. The number of hydrogen-bond acceptors (Lipinski definition) is 2. The number of allylic oxidation sites excluding steroid dienone is 1. The fourth-order valence-corrected chi connectivity index (χ4v) is 1.09. The summed E-state index contributed by atoms with van der Waals surface area (Å²) in [4.78, 5) is 0. The lowest BCUT2D eigenvalue weighted by Crippen LogP contribution is -2.14. The number of nitrogens with zero attached hydrogens (tertiary/aromatic N) is 1. The van der Waals surface area contributed by atoms with Crippen molar-refractivity contribution >= 4 is 0 Å². The van der Waals surface area contributed by atoms with Gasteiger partial charge in [0.05, 0.1) is 6.54 Å². The Balaban J connectivity index is 2.79. The summed E-state index contributed by atoms with van der Waals surface area (Å²) in [6.45, 7) is 6.89. The van der Waals surface area contributed by atoms with Crippen LogP contribution in [0.4, 0.5) is 0 Å². The maximum atomic E-state index is 9.11. The molecule has 0 aromatic rings. The van der Waals surface area contributed by atoms with Gasteiger partial charge in [0.15, 0.2) is 0 Å². The van der Waals surface area contributed by atoms with Gasteiger partial charge in [-0.1, -0.05) is 6.92 Å². The SMILES string of the molecule is CC1=C(C)N(O)CC1C. The van der Waals surface area contributed by atoms with E-state index in [0.29, 0.717) is 5.92 Å². The molecular formula is C7H13NO. The van der Waals surface area contributed by atoms with Gasteiger partial charge in [0.1, 0.15) is 0 Å². The third-order valence-corrected chi connectivity index (χ3v) is 2.14. The highest BCUT2D eigenvalue weighted by Crippen LogP contribution is 2.24. The van der Waals surface area contributed by atoms with Gasteiger partial charge in [-0.25, -0.2) is 0 Å². The lowest BCUT2D eigenvalue weighted by molar-refractivity contribution is -0.0497. The van der Waals surface area contributed by atoms with Crippen molar-refractivity contribution in [2.24, 2.45) is 5.92 Å². The average molecular weight is 127 g/mol. The van der Waals surface area contributed by atoms with Crippen LogP contribution in [0.2, 0.25) is 0 Å². The molecule has 1 aliphatic heterocycles. The minimum absolute atomic E-state index is 0.523. The van der Waals surface area contributed by atoms with Crippen molar-refractivity contribution in [3.63, 3.8) is 0 Å². The highest BCUT2D eigenvalue weighted by molar-refractivity contribution is 5.15. The lowest BCUT2D eigenvalue weighted by Gasteiger charge is -2.09. The molecule has 0 radical (unpaired) electrons. The molecule has 1 unspecified atom stereocenters. The summed E-state index contributed by atoms with van der Waals surface area (Å²) in [5.74, 6) is 0.523. The van der Waals surface area contributed by atoms with E-state index in [-0.39, 0.29) is 0 Å². The van der Waals surface area contributed by atoms with E-state index in [1.54, 1.807) is 0 Å². The zero-order valence-corrected chi connectivity index (χ0v) is 6.18. The van der Waals surface area contributed by atoms with Crippen molar-refractivity contribution in [2.45, 2.75) is 20.8 Å². The molecule has 2 heteroatoms. The first-order chi connectivity index (χ1) is 4.13. The Morgan fingerprint density at radius 3 is 2.22 bits per heavy atom. The van der Waals surface area contributed by atoms with Crippen molar-refractivity contribution in [2.75, 3.05) is 6.54 Å². The van der Waals surface area contributed by atoms with Gasteiger partial charge in [-0.05, 0) is 25.3 Å². The van der Waals surface area contributed by atoms with Crippen LogP contribution < -0.4 is 0 Å². The summed E-state index contributed by atoms with van der Waals surface area (Å²) in [6.07, 6.45) is 0. The Morgan fingerprint density at radius 2 is 2.11 bits per heavy atom. The predicted molar refractivity (Wildman–Crippen MR) is 36.0 cm³/mol. The molecular weight excluding hydrogens is 114 g/mol. The average Bonchev–Trinajstić information content (AvgIpc) is 1.98. The van der Waals surface area contributed by atoms with Crippen LogP contribution in [0.1, 0.15) is 20.8 Å². The van der Waals surface area contributed by atoms with Gasteiger partial charge < -0.3 is 0 Å². The van der Waals surface area contributed by atoms with Gasteiger partial charge in [0.25, 0.3) is 0 Å². The second kappa shape index (κ2) is 2.03. The van der Waals surface area contributed by atoms with Crippen LogP contribution in [0.3, 0.4) is 0 Å². The van der Waals surface area contributed by atoms with Crippen molar-refractivity contribution < 1.29 is 5.21 Å². The second-order valence-electron chi connectivity index (χ2n) is 2.75. The highest BCUT2D eigenvalue weighted by Gasteiger charge is 2.20. The molecule has 0 bridgehead atoms. The monoisotopic (exact) mass is 127 g/mol. The first-order valence-electron chi connectivity index (χ1n) is 3.26. The highest BCUT2D eigenvalue weighted by atomic mass is 16.5. The third-order valence-electron chi connectivity index (χ3n) is 2.14. The van der Waals surface area contributed by atoms with Gasteiger partial charge in [0.2, 0.25) is 0 Å². The maximum Gasteiger partial charge on any atom is 0.0513 e. The topological polar surface area (TPSA) is 23.5 Å². The Hall–Kier alpha value is -0.500. The normalized spacial score (nSPS) is 28.0. The van der Waals surface area contributed by atoms with E-state index < -0.39 is 0 Å². The molecule has 0 aromatic carbocycles. The number of hydrogen-bond donors (Lipinski definition) is 1. The molecule has 1 aliphatic rings. The first kappa shape index (κ1) is 6.62. The molecule has 1 atom stereocenters. The zero-order valence-electron chi connectivity index (χ0n) is 6.18. The molecule has 1 N–H and O–H groups in total. The van der Waals surface area contributed by atoms with Crippen LogP contribution in [0.25, 0.3) is 0 Å². The van der Waals surface area contributed by atoms with E-state index in [0.717, 1.165) is 12.2 Å². The minimum atomic E-state index is 0.523. The van der Waals surface area contributed by atoms with E-state index in [4.69, 9.17) is 5.21 Å². The predicted octanol–water partition coefficient (Wildman–Crippen LogP) is 1.62. The Bertz CT molecular complexity index is 135. The van der Waals surface area contributed by atoms with Crippen LogP contribution in [-0.4, -0.2) is 16.8 Å². The standard InChI is InChI=1S/C7H13NO/c1-5-4-8(9)7(3)6(5)2/h5,9H,4H2,1-3H3. The zero-order chi connectivity index (χ0) is 7.02. The van der Waals surface area contributed by atoms with E-state index in [9.17, 15) is 0 Å². The summed E-state index contributed by atoms with van der Waals surface area (Å²) in [6, 6.07) is 0. The van der Waals surface area contributed by atoms with Crippen molar-refractivity contribution in [1.82, 2.24) is 5.06 Å². The van der Waals surface area contributed by atoms with E-state index >= 15 is 0 Å². The van der Waals surface area contributed by atoms with Crippen molar-refractivity contribution in [3.05, 3.63) is 11.3 Å². The number of hydroxylamine groups is 2. The summed E-state index contributed by atoms with van der Waals surface area (Å²) in [5.41, 5.74) is 2.32. The van der Waals surface area contributed by atoms with Crippen molar-refractivity contribution in [1.29, 1.82) is 0 Å². The summed E-state index contributed by atoms with van der Waals surface area (Å²) in [7, 11) is 0. The molecule has 0 amide bonds. The van der Waals surface area contributed by atoms with E-state index in [2.05, 4.69) is 13.8 Å². The van der Waals surface area contributed by atoms with Gasteiger partial charge in [0, 0.05) is 5.70 Å². The van der Waals surface area contributed by atoms with Crippen LogP contribution in [0, 0.1) is 5.92 Å².